The Kier molecular flexibility index (Phi) is 8.31. The van der Waals surface area contributed by atoms with Crippen LogP contribution >= 0.6 is 0 Å². The van der Waals surface area contributed by atoms with Crippen LogP contribution in [0.1, 0.15) is 54.9 Å². The summed E-state index contributed by atoms with van der Waals surface area (Å²) in [6.07, 6.45) is -0.0268. The van der Waals surface area contributed by atoms with Gasteiger partial charge in [0.25, 0.3) is 8.32 Å². The van der Waals surface area contributed by atoms with Gasteiger partial charge in [0.1, 0.15) is 6.04 Å². The van der Waals surface area contributed by atoms with E-state index in [1.807, 2.05) is 40.8 Å². The van der Waals surface area contributed by atoms with Gasteiger partial charge in [-0.25, -0.2) is 4.79 Å². The van der Waals surface area contributed by atoms with E-state index in [2.05, 4.69) is 26.1 Å². The Morgan fingerprint density at radius 3 is 1.96 bits per heavy atom. The summed E-state index contributed by atoms with van der Waals surface area (Å²) in [6.45, 7) is 18.5. The minimum absolute atomic E-state index is 0.0663. The van der Waals surface area contributed by atoms with E-state index in [0.29, 0.717) is 13.0 Å². The monoisotopic (exact) mass is 345 g/mol. The average Bonchev–Trinajstić information content (AvgIpc) is 2.33. The predicted octanol–water partition coefficient (Wildman–Crippen LogP) is 4.33. The van der Waals surface area contributed by atoms with Gasteiger partial charge in [-0.2, -0.15) is 0 Å². The zero-order valence-corrected chi connectivity index (χ0v) is 17.3. The molecule has 1 unspecified atom stereocenters. The number of ether oxygens (including phenoxy) is 1. The van der Waals surface area contributed by atoms with Gasteiger partial charge < -0.3 is 14.5 Å². The first kappa shape index (κ1) is 22.0. The number of amides is 1. The molecule has 0 aliphatic rings. The van der Waals surface area contributed by atoms with Crippen molar-refractivity contribution in [3.63, 3.8) is 0 Å². The molecule has 6 heteroatoms. The quantitative estimate of drug-likeness (QED) is 0.697. The molecule has 0 spiro atoms. The number of carbonyl (C=O) groups is 2. The molecule has 0 aromatic carbocycles. The SMILES string of the molecule is CC(C)COC(=O)NC(CC(C)C)C(=O)O[Si](C)(C)C(C)(C)C. The zero-order valence-electron chi connectivity index (χ0n) is 16.3. The van der Waals surface area contributed by atoms with Gasteiger partial charge in [-0.05, 0) is 36.4 Å². The van der Waals surface area contributed by atoms with Gasteiger partial charge in [0.05, 0.1) is 6.61 Å². The van der Waals surface area contributed by atoms with Crippen molar-refractivity contribution < 1.29 is 18.8 Å². The van der Waals surface area contributed by atoms with E-state index in [1.165, 1.54) is 0 Å². The van der Waals surface area contributed by atoms with Gasteiger partial charge >= 0.3 is 12.1 Å². The van der Waals surface area contributed by atoms with Gasteiger partial charge in [0.15, 0.2) is 0 Å². The predicted molar refractivity (Wildman–Crippen MR) is 95.9 cm³/mol. The minimum atomic E-state index is -2.21. The Hall–Kier alpha value is -1.04. The van der Waals surface area contributed by atoms with Crippen molar-refractivity contribution in [3.8, 4) is 0 Å². The lowest BCUT2D eigenvalue weighted by atomic mass is 10.0. The second kappa shape index (κ2) is 8.71. The first-order chi connectivity index (χ1) is 10.3. The zero-order chi connectivity index (χ0) is 18.4. The highest BCUT2D eigenvalue weighted by Crippen LogP contribution is 2.36. The summed E-state index contributed by atoms with van der Waals surface area (Å²) in [7, 11) is -2.21. The molecule has 0 heterocycles. The van der Waals surface area contributed by atoms with Crippen molar-refractivity contribution in [1.29, 1.82) is 0 Å². The maximum atomic E-state index is 12.6. The molecule has 0 rings (SSSR count). The summed E-state index contributed by atoms with van der Waals surface area (Å²) in [5.41, 5.74) is 0. The fraction of sp³-hybridized carbons (Fsp3) is 0.882. The fourth-order valence-corrected chi connectivity index (χ4v) is 2.54. The van der Waals surface area contributed by atoms with Crippen molar-refractivity contribution in [2.75, 3.05) is 6.61 Å². The summed E-state index contributed by atoms with van der Waals surface area (Å²) >= 11 is 0. The van der Waals surface area contributed by atoms with Crippen LogP contribution < -0.4 is 5.32 Å². The Balaban J connectivity index is 4.89. The topological polar surface area (TPSA) is 64.6 Å². The average molecular weight is 346 g/mol. The van der Waals surface area contributed by atoms with Crippen LogP contribution in [0, 0.1) is 11.8 Å². The maximum Gasteiger partial charge on any atom is 0.407 e. The van der Waals surface area contributed by atoms with Crippen LogP contribution in [0.2, 0.25) is 18.1 Å². The highest BCUT2D eigenvalue weighted by molar-refractivity contribution is 6.75. The number of hydrogen-bond donors (Lipinski definition) is 1. The molecule has 1 amide bonds. The molecule has 23 heavy (non-hydrogen) atoms. The molecule has 0 saturated carbocycles. The van der Waals surface area contributed by atoms with E-state index in [4.69, 9.17) is 9.16 Å². The Labute approximate surface area is 142 Å². The van der Waals surface area contributed by atoms with Gasteiger partial charge in [-0.15, -0.1) is 0 Å². The van der Waals surface area contributed by atoms with Crippen LogP contribution in [0.5, 0.6) is 0 Å². The third-order valence-electron chi connectivity index (χ3n) is 3.99. The Bertz CT molecular complexity index is 400. The van der Waals surface area contributed by atoms with Crippen LogP contribution in [0.3, 0.4) is 0 Å². The van der Waals surface area contributed by atoms with Crippen LogP contribution in [0.4, 0.5) is 4.79 Å². The van der Waals surface area contributed by atoms with Crippen LogP contribution in [0.25, 0.3) is 0 Å². The molecule has 136 valence electrons. The second-order valence-corrected chi connectivity index (χ2v) is 13.2. The smallest absolute Gasteiger partial charge is 0.407 e. The summed E-state index contributed by atoms with van der Waals surface area (Å²) in [4.78, 5) is 24.4. The van der Waals surface area contributed by atoms with E-state index >= 15 is 0 Å². The van der Waals surface area contributed by atoms with Crippen LogP contribution in [0.15, 0.2) is 0 Å². The minimum Gasteiger partial charge on any atom is -0.518 e. The fourth-order valence-electron chi connectivity index (χ4n) is 1.59. The molecule has 0 fully saturated rings. The van der Waals surface area contributed by atoms with Crippen molar-refractivity contribution in [2.45, 2.75) is 79.1 Å². The molecule has 0 aromatic rings. The third-order valence-corrected chi connectivity index (χ3v) is 8.32. The second-order valence-electron chi connectivity index (χ2n) is 8.50. The van der Waals surface area contributed by atoms with Crippen LogP contribution in [-0.2, 0) is 14.0 Å². The molecule has 0 bridgehead atoms. The first-order valence-electron chi connectivity index (χ1n) is 8.42. The lowest BCUT2D eigenvalue weighted by Gasteiger charge is -2.36. The summed E-state index contributed by atoms with van der Waals surface area (Å²) in [5, 5.41) is 2.60. The number of carbonyl (C=O) groups excluding carboxylic acids is 2. The van der Waals surface area contributed by atoms with Gasteiger partial charge in [-0.1, -0.05) is 48.5 Å². The molecule has 5 nitrogen and oxygen atoms in total. The molecule has 0 radical (unpaired) electrons. The largest absolute Gasteiger partial charge is 0.518 e. The molecular formula is C17H35NO4Si. The molecule has 0 aliphatic heterocycles. The van der Waals surface area contributed by atoms with E-state index in [-0.39, 0.29) is 22.8 Å². The first-order valence-corrected chi connectivity index (χ1v) is 11.3. The normalized spacial score (nSPS) is 13.9. The van der Waals surface area contributed by atoms with Gasteiger partial charge in [0.2, 0.25) is 0 Å². The number of hydrogen-bond acceptors (Lipinski definition) is 4. The van der Waals surface area contributed by atoms with Crippen molar-refractivity contribution in [3.05, 3.63) is 0 Å². The number of rotatable bonds is 7. The number of alkyl carbamates (subject to hydrolysis) is 1. The van der Waals surface area contributed by atoms with E-state index < -0.39 is 20.5 Å². The molecule has 0 aliphatic carbocycles. The lowest BCUT2D eigenvalue weighted by Crippen LogP contribution is -2.50. The van der Waals surface area contributed by atoms with Gasteiger partial charge in [0, 0.05) is 0 Å². The Morgan fingerprint density at radius 2 is 1.57 bits per heavy atom. The van der Waals surface area contributed by atoms with Crippen molar-refractivity contribution in [2.24, 2.45) is 11.8 Å². The molecule has 1 N–H and O–H groups in total. The molecular weight excluding hydrogens is 310 g/mol. The highest BCUT2D eigenvalue weighted by atomic mass is 28.4. The lowest BCUT2D eigenvalue weighted by molar-refractivity contribution is -0.138. The number of nitrogens with one attached hydrogen (secondary N) is 1. The summed E-state index contributed by atoms with van der Waals surface area (Å²) in [5.74, 6) is 0.160. The summed E-state index contributed by atoms with van der Waals surface area (Å²) in [6, 6.07) is -0.663. The standard InChI is InChI=1S/C17H35NO4Si/c1-12(2)10-14(18-16(20)21-11-13(3)4)15(19)22-23(8,9)17(5,6)7/h12-14H,10-11H2,1-9H3,(H,18,20). The van der Waals surface area contributed by atoms with E-state index in [0.717, 1.165) is 0 Å². The van der Waals surface area contributed by atoms with Crippen LogP contribution in [-0.4, -0.2) is 33.0 Å². The maximum absolute atomic E-state index is 12.6. The Morgan fingerprint density at radius 1 is 1.04 bits per heavy atom. The molecule has 1 atom stereocenters. The van der Waals surface area contributed by atoms with Gasteiger partial charge in [-0.3, -0.25) is 4.79 Å². The van der Waals surface area contributed by atoms with Crippen molar-refractivity contribution in [1.82, 2.24) is 5.32 Å². The third kappa shape index (κ3) is 8.39. The molecule has 0 aromatic heterocycles. The van der Waals surface area contributed by atoms with Crippen molar-refractivity contribution >= 4 is 20.4 Å². The van der Waals surface area contributed by atoms with E-state index in [1.54, 1.807) is 0 Å². The molecule has 0 saturated heterocycles. The summed E-state index contributed by atoms with van der Waals surface area (Å²) < 4.78 is 10.9. The highest BCUT2D eigenvalue weighted by Gasteiger charge is 2.42. The van der Waals surface area contributed by atoms with E-state index in [9.17, 15) is 9.59 Å².